The summed E-state index contributed by atoms with van der Waals surface area (Å²) in [7, 11) is 0. The second-order valence-electron chi connectivity index (χ2n) is 6.43. The number of halogens is 5. The summed E-state index contributed by atoms with van der Waals surface area (Å²) in [5, 5.41) is 19.7. The number of rotatable bonds is 9. The zero-order chi connectivity index (χ0) is 24.2. The Morgan fingerprint density at radius 3 is 2.19 bits per heavy atom. The highest BCUT2D eigenvalue weighted by molar-refractivity contribution is 6.01. The van der Waals surface area contributed by atoms with Gasteiger partial charge in [-0.1, -0.05) is 0 Å². The lowest BCUT2D eigenvalue weighted by Crippen LogP contribution is -2.28. The van der Waals surface area contributed by atoms with E-state index in [9.17, 15) is 41.9 Å². The van der Waals surface area contributed by atoms with E-state index in [-0.39, 0.29) is 25.1 Å². The zero-order valence-electron chi connectivity index (χ0n) is 16.9. The summed E-state index contributed by atoms with van der Waals surface area (Å²) in [5.41, 5.74) is -2.15. The fourth-order valence-corrected chi connectivity index (χ4v) is 2.88. The number of ether oxygens (including phenoxy) is 2. The molecule has 0 radical (unpaired) electrons. The van der Waals surface area contributed by atoms with E-state index in [1.165, 1.54) is 6.92 Å². The molecule has 32 heavy (non-hydrogen) atoms. The molecule has 1 aromatic carbocycles. The lowest BCUT2D eigenvalue weighted by Gasteiger charge is -2.16. The standard InChI is InChI=1S/C20H17F5N2O5/c1-3-31-6-4-5-27-19(29)10(7-26)9(2)12(20(27)30)11(28)8-32-18-16(24)14(22)13(21)15(23)17(18)25/h30H,3-6,8H2,1-2H3. The van der Waals surface area contributed by atoms with Crippen molar-refractivity contribution >= 4 is 5.78 Å². The smallest absolute Gasteiger partial charge is 0.271 e. The third kappa shape index (κ3) is 4.57. The molecule has 0 saturated heterocycles. The first-order valence-electron chi connectivity index (χ1n) is 9.19. The number of ketones is 1. The lowest BCUT2D eigenvalue weighted by molar-refractivity contribution is 0.0907. The molecule has 0 unspecified atom stereocenters. The number of benzene rings is 1. The molecule has 0 aliphatic carbocycles. The van der Waals surface area contributed by atoms with Gasteiger partial charge in [0.1, 0.15) is 11.6 Å². The number of nitriles is 1. The summed E-state index contributed by atoms with van der Waals surface area (Å²) in [5.74, 6) is -15.2. The van der Waals surface area contributed by atoms with Gasteiger partial charge in [-0.05, 0) is 25.8 Å². The van der Waals surface area contributed by atoms with E-state index in [1.807, 2.05) is 0 Å². The molecule has 172 valence electrons. The van der Waals surface area contributed by atoms with Gasteiger partial charge < -0.3 is 14.6 Å². The van der Waals surface area contributed by atoms with Gasteiger partial charge in [-0.25, -0.2) is 13.2 Å². The zero-order valence-corrected chi connectivity index (χ0v) is 16.9. The topological polar surface area (TPSA) is 102 Å². The molecule has 0 aliphatic rings. The van der Waals surface area contributed by atoms with Gasteiger partial charge in [0.15, 0.2) is 12.4 Å². The second kappa shape index (κ2) is 10.2. The van der Waals surface area contributed by atoms with Crippen LogP contribution in [-0.4, -0.2) is 35.3 Å². The van der Waals surface area contributed by atoms with Crippen LogP contribution in [0.5, 0.6) is 11.6 Å². The maximum absolute atomic E-state index is 13.7. The molecule has 0 bridgehead atoms. The summed E-state index contributed by atoms with van der Waals surface area (Å²) in [6.45, 7) is 2.15. The Morgan fingerprint density at radius 1 is 1.09 bits per heavy atom. The Kier molecular flexibility index (Phi) is 7.93. The molecule has 0 fully saturated rings. The maximum atomic E-state index is 13.7. The Labute approximate surface area is 178 Å². The van der Waals surface area contributed by atoms with Crippen molar-refractivity contribution in [2.75, 3.05) is 19.8 Å². The van der Waals surface area contributed by atoms with Crippen molar-refractivity contribution in [1.82, 2.24) is 4.57 Å². The van der Waals surface area contributed by atoms with Crippen molar-refractivity contribution in [2.24, 2.45) is 0 Å². The van der Waals surface area contributed by atoms with Crippen molar-refractivity contribution in [2.45, 2.75) is 26.8 Å². The molecule has 0 amide bonds. The SMILES string of the molecule is CCOCCCn1c(O)c(C(=O)COc2c(F)c(F)c(F)c(F)c2F)c(C)c(C#N)c1=O. The van der Waals surface area contributed by atoms with Gasteiger partial charge in [0.05, 0.1) is 5.56 Å². The van der Waals surface area contributed by atoms with Gasteiger partial charge in [0.25, 0.3) is 5.56 Å². The number of aromatic hydroxyl groups is 1. The molecule has 0 aliphatic heterocycles. The average Bonchev–Trinajstić information content (AvgIpc) is 2.76. The van der Waals surface area contributed by atoms with Gasteiger partial charge in [0.2, 0.25) is 40.7 Å². The van der Waals surface area contributed by atoms with Crippen molar-refractivity contribution in [3.8, 4) is 17.7 Å². The minimum atomic E-state index is -2.40. The Balaban J connectivity index is 2.42. The minimum absolute atomic E-state index is 0.127. The number of hydrogen-bond donors (Lipinski definition) is 1. The van der Waals surface area contributed by atoms with Gasteiger partial charge >= 0.3 is 0 Å². The lowest BCUT2D eigenvalue weighted by atomic mass is 10.0. The molecule has 1 heterocycles. The molecule has 2 rings (SSSR count). The second-order valence-corrected chi connectivity index (χ2v) is 6.43. The molecule has 1 aromatic heterocycles. The first-order chi connectivity index (χ1) is 15.1. The average molecular weight is 460 g/mol. The van der Waals surface area contributed by atoms with Gasteiger partial charge in [-0.3, -0.25) is 14.2 Å². The number of aromatic nitrogens is 1. The number of pyridine rings is 1. The van der Waals surface area contributed by atoms with E-state index < -0.39 is 69.8 Å². The molecule has 0 saturated carbocycles. The van der Waals surface area contributed by atoms with E-state index in [2.05, 4.69) is 4.74 Å². The van der Waals surface area contributed by atoms with Crippen LogP contribution in [-0.2, 0) is 11.3 Å². The van der Waals surface area contributed by atoms with Crippen LogP contribution in [0.2, 0.25) is 0 Å². The third-order valence-electron chi connectivity index (χ3n) is 4.47. The number of carbonyl (C=O) groups is 1. The summed E-state index contributed by atoms with van der Waals surface area (Å²) in [4.78, 5) is 25.0. The molecule has 7 nitrogen and oxygen atoms in total. The summed E-state index contributed by atoms with van der Waals surface area (Å²) in [6, 6.07) is 1.61. The van der Waals surface area contributed by atoms with E-state index in [1.54, 1.807) is 13.0 Å². The number of carbonyl (C=O) groups excluding carboxylic acids is 1. The van der Waals surface area contributed by atoms with E-state index >= 15 is 0 Å². The van der Waals surface area contributed by atoms with Crippen LogP contribution in [0.15, 0.2) is 4.79 Å². The van der Waals surface area contributed by atoms with E-state index in [4.69, 9.17) is 4.74 Å². The van der Waals surface area contributed by atoms with Crippen LogP contribution in [0.3, 0.4) is 0 Å². The normalized spacial score (nSPS) is 10.8. The molecular formula is C20H17F5N2O5. The molecule has 1 N–H and O–H groups in total. The predicted octanol–water partition coefficient (Wildman–Crippen LogP) is 3.12. The van der Waals surface area contributed by atoms with Crippen molar-refractivity contribution in [3.05, 3.63) is 56.1 Å². The Morgan fingerprint density at radius 2 is 1.66 bits per heavy atom. The predicted molar refractivity (Wildman–Crippen MR) is 99.0 cm³/mol. The van der Waals surface area contributed by atoms with Gasteiger partial charge in [-0.15, -0.1) is 0 Å². The molecule has 12 heteroatoms. The number of Topliss-reactive ketones (excluding diaryl/α,β-unsaturated/α-hetero) is 1. The van der Waals surface area contributed by atoms with Crippen LogP contribution in [0.1, 0.15) is 34.8 Å². The first kappa shape index (κ1) is 24.8. The van der Waals surface area contributed by atoms with Crippen LogP contribution in [0.4, 0.5) is 22.0 Å². The molecule has 0 atom stereocenters. The molecular weight excluding hydrogens is 443 g/mol. The van der Waals surface area contributed by atoms with Gasteiger partial charge in [0, 0.05) is 19.8 Å². The third-order valence-corrected chi connectivity index (χ3v) is 4.47. The van der Waals surface area contributed by atoms with Crippen LogP contribution in [0, 0.1) is 47.3 Å². The fourth-order valence-electron chi connectivity index (χ4n) is 2.88. The number of nitrogens with zero attached hydrogens (tertiary/aromatic N) is 2. The van der Waals surface area contributed by atoms with Crippen LogP contribution >= 0.6 is 0 Å². The Hall–Kier alpha value is -3.46. The number of hydrogen-bond acceptors (Lipinski definition) is 6. The monoisotopic (exact) mass is 460 g/mol. The highest BCUT2D eigenvalue weighted by Gasteiger charge is 2.29. The Bertz CT molecular complexity index is 1130. The summed E-state index contributed by atoms with van der Waals surface area (Å²) >= 11 is 0. The minimum Gasteiger partial charge on any atom is -0.494 e. The van der Waals surface area contributed by atoms with Gasteiger partial charge in [-0.2, -0.15) is 14.0 Å². The fraction of sp³-hybridized carbons (Fsp3) is 0.350. The highest BCUT2D eigenvalue weighted by Crippen LogP contribution is 2.30. The maximum Gasteiger partial charge on any atom is 0.271 e. The summed E-state index contributed by atoms with van der Waals surface area (Å²) < 4.78 is 77.6. The molecule has 2 aromatic rings. The largest absolute Gasteiger partial charge is 0.494 e. The van der Waals surface area contributed by atoms with E-state index in [0.717, 1.165) is 4.57 Å². The van der Waals surface area contributed by atoms with Crippen molar-refractivity contribution in [1.29, 1.82) is 5.26 Å². The first-order valence-corrected chi connectivity index (χ1v) is 9.19. The van der Waals surface area contributed by atoms with Crippen molar-refractivity contribution < 1.29 is 41.3 Å². The highest BCUT2D eigenvalue weighted by atomic mass is 19.2. The quantitative estimate of drug-likeness (QED) is 0.203. The molecule has 0 spiro atoms. The van der Waals surface area contributed by atoms with Crippen LogP contribution < -0.4 is 10.3 Å². The van der Waals surface area contributed by atoms with E-state index in [0.29, 0.717) is 6.61 Å². The van der Waals surface area contributed by atoms with Crippen molar-refractivity contribution in [3.63, 3.8) is 0 Å². The van der Waals surface area contributed by atoms with Crippen LogP contribution in [0.25, 0.3) is 0 Å². The summed E-state index contributed by atoms with van der Waals surface area (Å²) in [6.07, 6.45) is 0.240.